The van der Waals surface area contributed by atoms with E-state index in [9.17, 15) is 4.79 Å². The number of hydrogen-bond acceptors (Lipinski definition) is 4. The number of nitrogens with zero attached hydrogens (tertiary/aromatic N) is 4. The van der Waals surface area contributed by atoms with E-state index in [4.69, 9.17) is 0 Å². The van der Waals surface area contributed by atoms with E-state index in [0.717, 1.165) is 36.4 Å². The van der Waals surface area contributed by atoms with E-state index in [-0.39, 0.29) is 5.91 Å². The Morgan fingerprint density at radius 1 is 1.00 bits per heavy atom. The first-order chi connectivity index (χ1) is 14.3. The molecular formula is C23H30N4OS. The normalized spacial score (nSPS) is 24.3. The highest BCUT2D eigenvalue weighted by Gasteiger charge is 2.36. The highest BCUT2D eigenvalue weighted by Crippen LogP contribution is 2.40. The lowest BCUT2D eigenvalue weighted by Crippen LogP contribution is -2.50. The minimum atomic E-state index is 0.286. The summed E-state index contributed by atoms with van der Waals surface area (Å²) >= 11 is 1.57. The van der Waals surface area contributed by atoms with Gasteiger partial charge in [0.1, 0.15) is 5.82 Å². The number of thioether (sulfide) groups is 1. The Kier molecular flexibility index (Phi) is 5.62. The van der Waals surface area contributed by atoms with Crippen LogP contribution in [0.25, 0.3) is 0 Å². The lowest BCUT2D eigenvalue weighted by atomic mass is 9.78. The molecule has 0 N–H and O–H groups in total. The van der Waals surface area contributed by atoms with Crippen molar-refractivity contribution in [1.82, 2.24) is 19.7 Å². The molecule has 2 aliphatic carbocycles. The maximum absolute atomic E-state index is 13.1. The maximum Gasteiger partial charge on any atom is 0.233 e. The van der Waals surface area contributed by atoms with Gasteiger partial charge in [-0.25, -0.2) is 0 Å². The molecule has 3 fully saturated rings. The van der Waals surface area contributed by atoms with Crippen molar-refractivity contribution >= 4 is 17.7 Å². The van der Waals surface area contributed by atoms with Crippen LogP contribution in [0.2, 0.25) is 0 Å². The Bertz CT molecular complexity index is 846. The number of amides is 1. The summed E-state index contributed by atoms with van der Waals surface area (Å²) in [5, 5.41) is 9.86. The quantitative estimate of drug-likeness (QED) is 0.659. The number of fused-ring (bicyclic) bond motifs is 1. The van der Waals surface area contributed by atoms with Crippen molar-refractivity contribution < 1.29 is 4.79 Å². The summed E-state index contributed by atoms with van der Waals surface area (Å²) in [6.07, 6.45) is 9.97. The highest BCUT2D eigenvalue weighted by atomic mass is 32.2. The van der Waals surface area contributed by atoms with Crippen LogP contribution in [-0.4, -0.2) is 43.9 Å². The van der Waals surface area contributed by atoms with Gasteiger partial charge >= 0.3 is 0 Å². The molecule has 2 saturated carbocycles. The Hall–Kier alpha value is -1.82. The van der Waals surface area contributed by atoms with Crippen LogP contribution >= 0.6 is 11.8 Å². The summed E-state index contributed by atoms with van der Waals surface area (Å²) in [5.74, 6) is 3.12. The van der Waals surface area contributed by atoms with E-state index in [1.807, 2.05) is 6.07 Å². The molecule has 1 aromatic heterocycles. The highest BCUT2D eigenvalue weighted by molar-refractivity contribution is 7.99. The fraction of sp³-hybridized carbons (Fsp3) is 0.609. The van der Waals surface area contributed by atoms with Gasteiger partial charge in [0, 0.05) is 18.5 Å². The van der Waals surface area contributed by atoms with Gasteiger partial charge in [-0.1, -0.05) is 54.9 Å². The molecule has 2 aromatic rings. The maximum atomic E-state index is 13.1. The van der Waals surface area contributed by atoms with E-state index in [2.05, 4.69) is 43.9 Å². The van der Waals surface area contributed by atoms with Gasteiger partial charge in [-0.3, -0.25) is 4.79 Å². The summed E-state index contributed by atoms with van der Waals surface area (Å²) < 4.78 is 2.24. The fourth-order valence-corrected chi connectivity index (χ4v) is 5.94. The molecule has 6 heteroatoms. The predicted octanol–water partition coefficient (Wildman–Crippen LogP) is 4.48. The first-order valence-electron chi connectivity index (χ1n) is 11.2. The van der Waals surface area contributed by atoms with Crippen molar-refractivity contribution in [2.45, 2.75) is 75.0 Å². The van der Waals surface area contributed by atoms with Crippen molar-refractivity contribution in [2.75, 3.05) is 12.3 Å². The van der Waals surface area contributed by atoms with Gasteiger partial charge in [0.15, 0.2) is 5.16 Å². The van der Waals surface area contributed by atoms with Gasteiger partial charge in [-0.05, 0) is 50.0 Å². The van der Waals surface area contributed by atoms with E-state index < -0.39 is 0 Å². The van der Waals surface area contributed by atoms with Crippen LogP contribution in [0.4, 0.5) is 0 Å². The SMILES string of the molecule is O=C(CSc1nnc(C2CC2)n1Cc1ccccc1)N1CCCC2CCCCC21. The van der Waals surface area contributed by atoms with Crippen molar-refractivity contribution in [3.63, 3.8) is 0 Å². The molecule has 1 aromatic carbocycles. The standard InChI is InChI=1S/C23H30N4OS/c28-21(26-14-6-10-18-9-4-5-11-20(18)26)16-29-23-25-24-22(19-12-13-19)27(23)15-17-7-2-1-3-8-17/h1-3,7-8,18-20H,4-6,9-16H2. The molecule has 2 unspecified atom stereocenters. The van der Waals surface area contributed by atoms with E-state index in [0.29, 0.717) is 17.7 Å². The summed E-state index contributed by atoms with van der Waals surface area (Å²) in [4.78, 5) is 15.3. The molecule has 0 spiro atoms. The number of benzene rings is 1. The van der Waals surface area contributed by atoms with Crippen molar-refractivity contribution in [3.8, 4) is 0 Å². The van der Waals surface area contributed by atoms with Crippen LogP contribution in [-0.2, 0) is 11.3 Å². The number of hydrogen-bond donors (Lipinski definition) is 0. The van der Waals surface area contributed by atoms with E-state index in [1.165, 1.54) is 50.5 Å². The van der Waals surface area contributed by atoms with Gasteiger partial charge in [-0.2, -0.15) is 0 Å². The average Bonchev–Trinajstić information content (AvgIpc) is 3.54. The van der Waals surface area contributed by atoms with Gasteiger partial charge in [0.25, 0.3) is 0 Å². The molecule has 154 valence electrons. The van der Waals surface area contributed by atoms with Crippen LogP contribution in [0.3, 0.4) is 0 Å². The smallest absolute Gasteiger partial charge is 0.233 e. The van der Waals surface area contributed by atoms with Crippen molar-refractivity contribution in [2.24, 2.45) is 5.92 Å². The summed E-state index contributed by atoms with van der Waals surface area (Å²) in [6.45, 7) is 1.72. The fourth-order valence-electron chi connectivity index (χ4n) is 5.11. The molecule has 3 aliphatic rings. The average molecular weight is 411 g/mol. The summed E-state index contributed by atoms with van der Waals surface area (Å²) in [7, 11) is 0. The second-order valence-corrected chi connectivity index (χ2v) is 9.76. The van der Waals surface area contributed by atoms with Gasteiger partial charge < -0.3 is 9.47 Å². The first kappa shape index (κ1) is 19.2. The molecule has 5 rings (SSSR count). The minimum Gasteiger partial charge on any atom is -0.339 e. The Morgan fingerprint density at radius 2 is 1.79 bits per heavy atom. The molecule has 29 heavy (non-hydrogen) atoms. The molecule has 2 heterocycles. The van der Waals surface area contributed by atoms with Gasteiger partial charge in [0.2, 0.25) is 5.91 Å². The van der Waals surface area contributed by atoms with Crippen LogP contribution in [0, 0.1) is 5.92 Å². The van der Waals surface area contributed by atoms with Gasteiger partial charge in [-0.15, -0.1) is 10.2 Å². The Labute approximate surface area is 177 Å². The van der Waals surface area contributed by atoms with E-state index >= 15 is 0 Å². The number of carbonyl (C=O) groups is 1. The van der Waals surface area contributed by atoms with Gasteiger partial charge in [0.05, 0.1) is 12.3 Å². The third kappa shape index (κ3) is 4.23. The number of likely N-dealkylation sites (tertiary alicyclic amines) is 1. The zero-order valence-corrected chi connectivity index (χ0v) is 17.8. The second kappa shape index (κ2) is 8.50. The zero-order valence-electron chi connectivity index (χ0n) is 17.0. The Balaban J connectivity index is 1.28. The van der Waals surface area contributed by atoms with Crippen LogP contribution < -0.4 is 0 Å². The number of rotatable bonds is 6. The second-order valence-electron chi connectivity index (χ2n) is 8.82. The molecule has 1 amide bonds. The van der Waals surface area contributed by atoms with Crippen LogP contribution in [0.5, 0.6) is 0 Å². The molecular weight excluding hydrogens is 380 g/mol. The molecule has 1 saturated heterocycles. The molecule has 0 bridgehead atoms. The summed E-state index contributed by atoms with van der Waals surface area (Å²) in [6, 6.07) is 11.0. The third-order valence-corrected chi connectivity index (χ3v) is 7.71. The lowest BCUT2D eigenvalue weighted by Gasteiger charge is -2.44. The number of carbonyl (C=O) groups excluding carboxylic acids is 1. The topological polar surface area (TPSA) is 51.0 Å². The predicted molar refractivity (Wildman–Crippen MR) is 115 cm³/mol. The third-order valence-electron chi connectivity index (χ3n) is 6.76. The van der Waals surface area contributed by atoms with Crippen LogP contribution in [0.1, 0.15) is 68.7 Å². The van der Waals surface area contributed by atoms with E-state index in [1.54, 1.807) is 11.8 Å². The number of aromatic nitrogens is 3. The zero-order chi connectivity index (χ0) is 19.6. The molecule has 1 aliphatic heterocycles. The largest absolute Gasteiger partial charge is 0.339 e. The van der Waals surface area contributed by atoms with Crippen LogP contribution in [0.15, 0.2) is 35.5 Å². The summed E-state index contributed by atoms with van der Waals surface area (Å²) in [5.41, 5.74) is 1.25. The van der Waals surface area contributed by atoms with Crippen molar-refractivity contribution in [1.29, 1.82) is 0 Å². The Morgan fingerprint density at radius 3 is 2.62 bits per heavy atom. The molecule has 2 atom stereocenters. The first-order valence-corrected chi connectivity index (χ1v) is 12.2. The number of piperidine rings is 1. The van der Waals surface area contributed by atoms with Crippen molar-refractivity contribution in [3.05, 3.63) is 41.7 Å². The molecule has 5 nitrogen and oxygen atoms in total. The minimum absolute atomic E-state index is 0.286. The monoisotopic (exact) mass is 410 g/mol. The lowest BCUT2D eigenvalue weighted by molar-refractivity contribution is -0.134. The molecule has 0 radical (unpaired) electrons.